The molecule has 166 valence electrons. The average Bonchev–Trinajstić information content (AvgIpc) is 2.83. The first-order valence-electron chi connectivity index (χ1n) is 10.4. The van der Waals surface area contributed by atoms with Crippen molar-refractivity contribution < 1.29 is 17.6 Å². The van der Waals surface area contributed by atoms with Gasteiger partial charge in [-0.2, -0.15) is 0 Å². The summed E-state index contributed by atoms with van der Waals surface area (Å²) in [5.74, 6) is -0.952. The van der Waals surface area contributed by atoms with E-state index in [4.69, 9.17) is 0 Å². The number of carbonyl (C=O) groups is 1. The summed E-state index contributed by atoms with van der Waals surface area (Å²) in [5.41, 5.74) is 3.23. The normalized spacial score (nSPS) is 13.5. The maximum absolute atomic E-state index is 13.3. The molecule has 0 radical (unpaired) electrons. The maximum atomic E-state index is 13.3. The average molecular weight is 463 g/mol. The van der Waals surface area contributed by atoms with Crippen LogP contribution in [0.5, 0.6) is 0 Å². The van der Waals surface area contributed by atoms with E-state index in [-0.39, 0.29) is 10.6 Å². The molecule has 0 saturated heterocycles. The van der Waals surface area contributed by atoms with Crippen molar-refractivity contribution in [1.29, 1.82) is 0 Å². The molecule has 4 aromatic rings. The van der Waals surface area contributed by atoms with Gasteiger partial charge in [-0.25, -0.2) is 17.8 Å². The lowest BCUT2D eigenvalue weighted by Gasteiger charge is -2.31. The highest BCUT2D eigenvalue weighted by Gasteiger charge is 2.29. The Labute approximate surface area is 190 Å². The molecule has 9 heteroatoms. The van der Waals surface area contributed by atoms with E-state index in [1.165, 1.54) is 22.6 Å². The molecular formula is C24H19FN4O3S. The predicted octanol–water partition coefficient (Wildman–Crippen LogP) is 4.16. The van der Waals surface area contributed by atoms with Crippen molar-refractivity contribution in [2.75, 3.05) is 16.2 Å². The fourth-order valence-electron chi connectivity index (χ4n) is 3.86. The minimum Gasteiger partial charge on any atom is -0.321 e. The third-order valence-electron chi connectivity index (χ3n) is 5.50. The van der Waals surface area contributed by atoms with Gasteiger partial charge in [-0.15, -0.1) is 0 Å². The number of halogens is 1. The molecule has 0 saturated carbocycles. The highest BCUT2D eigenvalue weighted by atomic mass is 32.2. The van der Waals surface area contributed by atoms with Crippen LogP contribution in [0, 0.1) is 5.82 Å². The Kier molecular flexibility index (Phi) is 5.26. The number of sulfonamides is 1. The van der Waals surface area contributed by atoms with Crippen molar-refractivity contribution in [3.05, 3.63) is 90.0 Å². The van der Waals surface area contributed by atoms with Crippen molar-refractivity contribution in [2.24, 2.45) is 0 Å². The Bertz CT molecular complexity index is 1470. The standard InChI is InChI=1S/C24H19FN4O3S/c25-17-8-11-19(12-9-17)33(31,32)29-13-3-4-16-7-10-18(14-23(16)29)27-24(30)22-15-26-20-5-1-2-6-21(20)28-22/h1-2,5-12,14-15H,3-4,13H2,(H,27,30). The van der Waals surface area contributed by atoms with Crippen LogP contribution in [0.15, 0.2) is 77.8 Å². The number of benzene rings is 3. The molecule has 33 heavy (non-hydrogen) atoms. The Morgan fingerprint density at radius 1 is 1.00 bits per heavy atom. The lowest BCUT2D eigenvalue weighted by atomic mass is 10.0. The Morgan fingerprint density at radius 2 is 1.76 bits per heavy atom. The van der Waals surface area contributed by atoms with E-state index in [1.807, 2.05) is 24.3 Å². The SMILES string of the molecule is O=C(Nc1ccc2c(c1)N(S(=O)(=O)c1ccc(F)cc1)CCC2)c1cnc2ccccc2n1. The number of aromatic nitrogens is 2. The number of rotatable bonds is 4. The van der Waals surface area contributed by atoms with Crippen LogP contribution in [0.25, 0.3) is 11.0 Å². The molecule has 7 nitrogen and oxygen atoms in total. The second-order valence-electron chi connectivity index (χ2n) is 7.68. The van der Waals surface area contributed by atoms with Crippen LogP contribution < -0.4 is 9.62 Å². The van der Waals surface area contributed by atoms with E-state index in [1.54, 1.807) is 18.2 Å². The fourth-order valence-corrected chi connectivity index (χ4v) is 5.40. The molecule has 3 aromatic carbocycles. The van der Waals surface area contributed by atoms with E-state index < -0.39 is 21.7 Å². The van der Waals surface area contributed by atoms with Gasteiger partial charge in [0.2, 0.25) is 0 Å². The van der Waals surface area contributed by atoms with Crippen LogP contribution >= 0.6 is 0 Å². The number of nitrogens with one attached hydrogen (secondary N) is 1. The summed E-state index contributed by atoms with van der Waals surface area (Å²) < 4.78 is 41.1. The molecule has 0 unspecified atom stereocenters. The second kappa shape index (κ2) is 8.25. The fraction of sp³-hybridized carbons (Fsp3) is 0.125. The topological polar surface area (TPSA) is 92.3 Å². The molecule has 1 aromatic heterocycles. The van der Waals surface area contributed by atoms with Gasteiger partial charge in [-0.3, -0.25) is 14.1 Å². The number of hydrogen-bond donors (Lipinski definition) is 1. The third-order valence-corrected chi connectivity index (χ3v) is 7.33. The molecule has 1 aliphatic rings. The van der Waals surface area contributed by atoms with E-state index in [2.05, 4.69) is 15.3 Å². The van der Waals surface area contributed by atoms with Gasteiger partial charge in [0.1, 0.15) is 11.5 Å². The predicted molar refractivity (Wildman–Crippen MR) is 123 cm³/mol. The first kappa shape index (κ1) is 21.0. The highest BCUT2D eigenvalue weighted by molar-refractivity contribution is 7.92. The molecule has 0 atom stereocenters. The maximum Gasteiger partial charge on any atom is 0.275 e. The van der Waals surface area contributed by atoms with Gasteiger partial charge >= 0.3 is 0 Å². The Morgan fingerprint density at radius 3 is 2.55 bits per heavy atom. The van der Waals surface area contributed by atoms with E-state index in [0.29, 0.717) is 35.4 Å². The van der Waals surface area contributed by atoms with Crippen LogP contribution in [-0.4, -0.2) is 30.8 Å². The summed E-state index contributed by atoms with van der Waals surface area (Å²) in [4.78, 5) is 21.4. The first-order valence-corrected chi connectivity index (χ1v) is 11.8. The van der Waals surface area contributed by atoms with Crippen molar-refractivity contribution in [3.63, 3.8) is 0 Å². The highest BCUT2D eigenvalue weighted by Crippen LogP contribution is 2.34. The molecule has 0 fully saturated rings. The zero-order chi connectivity index (χ0) is 23.0. The largest absolute Gasteiger partial charge is 0.321 e. The molecule has 1 N–H and O–H groups in total. The van der Waals surface area contributed by atoms with E-state index in [0.717, 1.165) is 24.1 Å². The lowest BCUT2D eigenvalue weighted by Crippen LogP contribution is -2.35. The van der Waals surface area contributed by atoms with Gasteiger partial charge in [-0.1, -0.05) is 18.2 Å². The van der Waals surface area contributed by atoms with Crippen molar-refractivity contribution in [1.82, 2.24) is 9.97 Å². The van der Waals surface area contributed by atoms with Crippen molar-refractivity contribution >= 4 is 38.3 Å². The van der Waals surface area contributed by atoms with Crippen LogP contribution in [0.1, 0.15) is 22.5 Å². The van der Waals surface area contributed by atoms with Gasteiger partial charge < -0.3 is 5.32 Å². The molecule has 5 rings (SSSR count). The monoisotopic (exact) mass is 462 g/mol. The van der Waals surface area contributed by atoms with Crippen LogP contribution in [-0.2, 0) is 16.4 Å². The number of nitrogens with zero attached hydrogens (tertiary/aromatic N) is 3. The summed E-state index contributed by atoms with van der Waals surface area (Å²) in [6.45, 7) is 0.292. The summed E-state index contributed by atoms with van der Waals surface area (Å²) >= 11 is 0. The quantitative estimate of drug-likeness (QED) is 0.492. The van der Waals surface area contributed by atoms with Gasteiger partial charge in [0, 0.05) is 12.2 Å². The van der Waals surface area contributed by atoms with Crippen LogP contribution in [0.4, 0.5) is 15.8 Å². The lowest BCUT2D eigenvalue weighted by molar-refractivity contribution is 0.102. The van der Waals surface area contributed by atoms with Crippen molar-refractivity contribution in [2.45, 2.75) is 17.7 Å². The van der Waals surface area contributed by atoms with Gasteiger partial charge in [0.25, 0.3) is 15.9 Å². The molecule has 0 bridgehead atoms. The summed E-state index contributed by atoms with van der Waals surface area (Å²) in [6.07, 6.45) is 2.78. The zero-order valence-electron chi connectivity index (χ0n) is 17.4. The zero-order valence-corrected chi connectivity index (χ0v) is 18.2. The van der Waals surface area contributed by atoms with Crippen LogP contribution in [0.2, 0.25) is 0 Å². The number of carbonyl (C=O) groups excluding carboxylic acids is 1. The van der Waals surface area contributed by atoms with Gasteiger partial charge in [0.15, 0.2) is 0 Å². The molecule has 2 heterocycles. The number of amides is 1. The van der Waals surface area contributed by atoms with E-state index in [9.17, 15) is 17.6 Å². The number of para-hydroxylation sites is 2. The van der Waals surface area contributed by atoms with Gasteiger partial charge in [-0.05, 0) is 66.9 Å². The Balaban J connectivity index is 1.45. The minimum atomic E-state index is -3.88. The number of aryl methyl sites for hydroxylation is 1. The first-order chi connectivity index (χ1) is 15.9. The van der Waals surface area contributed by atoms with Crippen LogP contribution in [0.3, 0.4) is 0 Å². The third kappa shape index (κ3) is 4.03. The summed E-state index contributed by atoms with van der Waals surface area (Å²) in [7, 11) is -3.88. The molecular weight excluding hydrogens is 443 g/mol. The smallest absolute Gasteiger partial charge is 0.275 e. The second-order valence-corrected chi connectivity index (χ2v) is 9.54. The van der Waals surface area contributed by atoms with Gasteiger partial charge in [0.05, 0.1) is 27.8 Å². The number of hydrogen-bond acceptors (Lipinski definition) is 5. The minimum absolute atomic E-state index is 0.0117. The molecule has 1 aliphatic heterocycles. The molecule has 1 amide bonds. The molecule has 0 spiro atoms. The number of fused-ring (bicyclic) bond motifs is 2. The summed E-state index contributed by atoms with van der Waals surface area (Å²) in [5, 5.41) is 2.78. The van der Waals surface area contributed by atoms with Crippen molar-refractivity contribution in [3.8, 4) is 0 Å². The van der Waals surface area contributed by atoms with E-state index >= 15 is 0 Å². The Hall–Kier alpha value is -3.85. The number of anilines is 2. The molecule has 0 aliphatic carbocycles. The summed E-state index contributed by atoms with van der Waals surface area (Å²) in [6, 6.07) is 17.2.